The third-order valence-electron chi connectivity index (χ3n) is 3.17. The number of carbonyl (C=O) groups excluding carboxylic acids is 1. The zero-order valence-corrected chi connectivity index (χ0v) is 13.3. The Bertz CT molecular complexity index is 758. The number of amides is 1. The molecule has 0 aliphatic carbocycles. The number of aliphatic carboxylic acids is 1. The number of hydrogen-bond acceptors (Lipinski definition) is 4. The quantitative estimate of drug-likeness (QED) is 0.890. The SMILES string of the molecule is CN(CCC(=O)O)C(=O)c1csc(-c2cccc(C(F)(F)F)c2)n1. The average molecular weight is 358 g/mol. The van der Waals surface area contributed by atoms with E-state index in [1.807, 2.05) is 0 Å². The molecular weight excluding hydrogens is 345 g/mol. The molecule has 0 saturated heterocycles. The second-order valence-electron chi connectivity index (χ2n) is 4.99. The number of carboxylic acid groups (broad SMARTS) is 1. The Labute approximate surface area is 139 Å². The van der Waals surface area contributed by atoms with Gasteiger partial charge in [-0.25, -0.2) is 4.98 Å². The fourth-order valence-corrected chi connectivity index (χ4v) is 2.68. The minimum Gasteiger partial charge on any atom is -0.481 e. The van der Waals surface area contributed by atoms with Crippen LogP contribution < -0.4 is 0 Å². The standard InChI is InChI=1S/C15H13F3N2O3S/c1-20(6-5-12(21)22)14(23)11-8-24-13(19-11)9-3-2-4-10(7-9)15(16,17)18/h2-4,7-8H,5-6H2,1H3,(H,21,22). The van der Waals surface area contributed by atoms with Crippen molar-refractivity contribution >= 4 is 23.2 Å². The Morgan fingerprint density at radius 3 is 2.67 bits per heavy atom. The number of nitrogens with zero attached hydrogens (tertiary/aromatic N) is 2. The third kappa shape index (κ3) is 4.31. The van der Waals surface area contributed by atoms with E-state index >= 15 is 0 Å². The minimum atomic E-state index is -4.46. The van der Waals surface area contributed by atoms with Crippen molar-refractivity contribution in [3.05, 3.63) is 40.9 Å². The van der Waals surface area contributed by atoms with Gasteiger partial charge in [-0.3, -0.25) is 9.59 Å². The lowest BCUT2D eigenvalue weighted by molar-refractivity contribution is -0.138. The van der Waals surface area contributed by atoms with E-state index in [2.05, 4.69) is 4.98 Å². The summed E-state index contributed by atoms with van der Waals surface area (Å²) in [6.45, 7) is 0.0184. The number of alkyl halides is 3. The van der Waals surface area contributed by atoms with Gasteiger partial charge in [0.25, 0.3) is 5.91 Å². The average Bonchev–Trinajstić information content (AvgIpc) is 3.01. The first-order valence-corrected chi connectivity index (χ1v) is 7.67. The third-order valence-corrected chi connectivity index (χ3v) is 4.06. The summed E-state index contributed by atoms with van der Waals surface area (Å²) >= 11 is 1.05. The Morgan fingerprint density at radius 1 is 1.33 bits per heavy atom. The van der Waals surface area contributed by atoms with E-state index in [0.717, 1.165) is 23.5 Å². The fraction of sp³-hybridized carbons (Fsp3) is 0.267. The van der Waals surface area contributed by atoms with Gasteiger partial charge in [-0.15, -0.1) is 11.3 Å². The summed E-state index contributed by atoms with van der Waals surface area (Å²) in [5.41, 5.74) is -0.455. The van der Waals surface area contributed by atoms with Gasteiger partial charge in [0.1, 0.15) is 10.7 Å². The van der Waals surface area contributed by atoms with Crippen LogP contribution in [0.25, 0.3) is 10.6 Å². The van der Waals surface area contributed by atoms with E-state index in [4.69, 9.17) is 5.11 Å². The molecule has 0 radical (unpaired) electrons. The highest BCUT2D eigenvalue weighted by atomic mass is 32.1. The summed E-state index contributed by atoms with van der Waals surface area (Å²) in [5.74, 6) is -1.51. The lowest BCUT2D eigenvalue weighted by atomic mass is 10.1. The number of aromatic nitrogens is 1. The lowest BCUT2D eigenvalue weighted by Crippen LogP contribution is -2.29. The van der Waals surface area contributed by atoms with E-state index < -0.39 is 23.6 Å². The molecular formula is C15H13F3N2O3S. The van der Waals surface area contributed by atoms with Gasteiger partial charge in [-0.2, -0.15) is 13.2 Å². The summed E-state index contributed by atoms with van der Waals surface area (Å²) in [6, 6.07) is 4.70. The van der Waals surface area contributed by atoms with E-state index in [-0.39, 0.29) is 29.2 Å². The molecule has 1 N–H and O–H groups in total. The van der Waals surface area contributed by atoms with Crippen LogP contribution in [0.1, 0.15) is 22.5 Å². The van der Waals surface area contributed by atoms with Crippen molar-refractivity contribution in [2.75, 3.05) is 13.6 Å². The number of halogens is 3. The van der Waals surface area contributed by atoms with Gasteiger partial charge in [0, 0.05) is 24.5 Å². The molecule has 0 spiro atoms. The molecule has 0 aliphatic heterocycles. The largest absolute Gasteiger partial charge is 0.481 e. The highest BCUT2D eigenvalue weighted by molar-refractivity contribution is 7.13. The van der Waals surface area contributed by atoms with Crippen LogP contribution in [0, 0.1) is 0 Å². The molecule has 0 fully saturated rings. The molecule has 0 unspecified atom stereocenters. The Morgan fingerprint density at radius 2 is 2.04 bits per heavy atom. The highest BCUT2D eigenvalue weighted by Crippen LogP contribution is 2.33. The molecule has 1 heterocycles. The second-order valence-corrected chi connectivity index (χ2v) is 5.85. The summed E-state index contributed by atoms with van der Waals surface area (Å²) in [7, 11) is 1.44. The number of benzene rings is 1. The van der Waals surface area contributed by atoms with Crippen LogP contribution in [-0.4, -0.2) is 40.5 Å². The normalized spacial score (nSPS) is 11.3. The molecule has 0 bridgehead atoms. The molecule has 2 rings (SSSR count). The van der Waals surface area contributed by atoms with Crippen molar-refractivity contribution in [2.45, 2.75) is 12.6 Å². The number of hydrogen-bond donors (Lipinski definition) is 1. The molecule has 5 nitrogen and oxygen atoms in total. The van der Waals surface area contributed by atoms with Crippen molar-refractivity contribution < 1.29 is 27.9 Å². The number of rotatable bonds is 5. The Kier molecular flexibility index (Phi) is 5.23. The predicted octanol–water partition coefficient (Wildman–Crippen LogP) is 3.38. The van der Waals surface area contributed by atoms with E-state index in [1.54, 1.807) is 0 Å². The number of carboxylic acids is 1. The van der Waals surface area contributed by atoms with Crippen LogP contribution in [0.5, 0.6) is 0 Å². The molecule has 9 heteroatoms. The fourth-order valence-electron chi connectivity index (χ4n) is 1.89. The predicted molar refractivity (Wildman–Crippen MR) is 81.8 cm³/mol. The molecule has 0 atom stereocenters. The van der Waals surface area contributed by atoms with Gasteiger partial charge in [0.2, 0.25) is 0 Å². The van der Waals surface area contributed by atoms with Gasteiger partial charge in [-0.1, -0.05) is 12.1 Å². The molecule has 128 valence electrons. The van der Waals surface area contributed by atoms with Gasteiger partial charge >= 0.3 is 12.1 Å². The summed E-state index contributed by atoms with van der Waals surface area (Å²) in [5, 5.41) is 10.3. The zero-order valence-electron chi connectivity index (χ0n) is 12.5. The van der Waals surface area contributed by atoms with E-state index in [1.165, 1.54) is 29.5 Å². The minimum absolute atomic E-state index is 0.0184. The van der Waals surface area contributed by atoms with Crippen LogP contribution in [0.2, 0.25) is 0 Å². The maximum Gasteiger partial charge on any atom is 0.416 e. The first-order valence-electron chi connectivity index (χ1n) is 6.79. The van der Waals surface area contributed by atoms with Crippen LogP contribution in [-0.2, 0) is 11.0 Å². The summed E-state index contributed by atoms with van der Waals surface area (Å²) in [4.78, 5) is 27.9. The topological polar surface area (TPSA) is 70.5 Å². The van der Waals surface area contributed by atoms with Crippen molar-refractivity contribution in [1.82, 2.24) is 9.88 Å². The van der Waals surface area contributed by atoms with Crippen LogP contribution in [0.4, 0.5) is 13.2 Å². The highest BCUT2D eigenvalue weighted by Gasteiger charge is 2.30. The van der Waals surface area contributed by atoms with Gasteiger partial charge < -0.3 is 10.0 Å². The molecule has 24 heavy (non-hydrogen) atoms. The van der Waals surface area contributed by atoms with Crippen LogP contribution in [0.15, 0.2) is 29.6 Å². The van der Waals surface area contributed by atoms with Gasteiger partial charge in [-0.05, 0) is 12.1 Å². The Balaban J connectivity index is 2.19. The van der Waals surface area contributed by atoms with Crippen LogP contribution >= 0.6 is 11.3 Å². The van der Waals surface area contributed by atoms with Gasteiger partial charge in [0.15, 0.2) is 0 Å². The summed E-state index contributed by atoms with van der Waals surface area (Å²) in [6.07, 6.45) is -4.66. The number of thiazole rings is 1. The van der Waals surface area contributed by atoms with Gasteiger partial charge in [0.05, 0.1) is 12.0 Å². The van der Waals surface area contributed by atoms with Crippen molar-refractivity contribution in [2.24, 2.45) is 0 Å². The van der Waals surface area contributed by atoms with Crippen molar-refractivity contribution in [3.63, 3.8) is 0 Å². The molecule has 1 aromatic heterocycles. The molecule has 0 aliphatic rings. The maximum atomic E-state index is 12.7. The Hall–Kier alpha value is -2.42. The second kappa shape index (κ2) is 7.00. The summed E-state index contributed by atoms with van der Waals surface area (Å²) < 4.78 is 38.2. The maximum absolute atomic E-state index is 12.7. The lowest BCUT2D eigenvalue weighted by Gasteiger charge is -2.14. The monoisotopic (exact) mass is 358 g/mol. The number of carbonyl (C=O) groups is 2. The van der Waals surface area contributed by atoms with E-state index in [9.17, 15) is 22.8 Å². The van der Waals surface area contributed by atoms with E-state index in [0.29, 0.717) is 0 Å². The van der Waals surface area contributed by atoms with Crippen molar-refractivity contribution in [1.29, 1.82) is 0 Å². The van der Waals surface area contributed by atoms with Crippen LogP contribution in [0.3, 0.4) is 0 Å². The first kappa shape index (κ1) is 17.9. The molecule has 1 aromatic carbocycles. The first-order chi connectivity index (χ1) is 11.2. The molecule has 0 saturated carbocycles. The zero-order chi connectivity index (χ0) is 17.9. The van der Waals surface area contributed by atoms with Crippen molar-refractivity contribution in [3.8, 4) is 10.6 Å². The smallest absolute Gasteiger partial charge is 0.416 e. The molecule has 1 amide bonds. The molecule has 2 aromatic rings.